The van der Waals surface area contributed by atoms with Crippen LogP contribution in [-0.2, 0) is 11.2 Å². The lowest BCUT2D eigenvalue weighted by atomic mass is 9.99. The number of aromatic nitrogens is 3. The average molecular weight is 391 g/mol. The van der Waals surface area contributed by atoms with Crippen LogP contribution in [-0.4, -0.2) is 40.0 Å². The van der Waals surface area contributed by atoms with E-state index in [0.29, 0.717) is 24.4 Å². The van der Waals surface area contributed by atoms with E-state index in [1.807, 2.05) is 37.3 Å². The molecule has 1 unspecified atom stereocenters. The van der Waals surface area contributed by atoms with Crippen molar-refractivity contribution in [1.29, 1.82) is 0 Å². The summed E-state index contributed by atoms with van der Waals surface area (Å²) in [4.78, 5) is 35.6. The van der Waals surface area contributed by atoms with Crippen LogP contribution >= 0.6 is 0 Å². The van der Waals surface area contributed by atoms with Crippen LogP contribution in [0.1, 0.15) is 46.8 Å². The summed E-state index contributed by atoms with van der Waals surface area (Å²) in [6.07, 6.45) is 4.12. The summed E-state index contributed by atoms with van der Waals surface area (Å²) in [5.74, 6) is 0.383. The molecule has 0 aliphatic carbocycles. The fraction of sp³-hybridized carbons (Fsp3) is 0.286. The van der Waals surface area contributed by atoms with Gasteiger partial charge < -0.3 is 9.84 Å². The van der Waals surface area contributed by atoms with Gasteiger partial charge in [0.25, 0.3) is 11.8 Å². The fourth-order valence-electron chi connectivity index (χ4n) is 3.50. The van der Waals surface area contributed by atoms with Gasteiger partial charge in [-0.25, -0.2) is 4.98 Å². The Bertz CT molecular complexity index is 1030. The first-order valence-electron chi connectivity index (χ1n) is 9.41. The number of nitrogens with zero attached hydrogens (tertiary/aromatic N) is 4. The molecule has 8 heteroatoms. The molecule has 0 spiro atoms. The van der Waals surface area contributed by atoms with E-state index in [-0.39, 0.29) is 17.5 Å². The standard InChI is InChI=1S/C21H21N5O3/c1-13-10-17(21(28)26(2)19-18(13)22-8-9-23-19)24-20(27)16-12-15(29-25-16)11-14-6-4-3-5-7-14/h3-9,12-13,17H,10-11H2,1-2H3,(H,24,27)/t13?,17-/m0/s1. The minimum Gasteiger partial charge on any atom is -0.360 e. The highest BCUT2D eigenvalue weighted by Crippen LogP contribution is 2.30. The molecule has 8 nitrogen and oxygen atoms in total. The maximum absolute atomic E-state index is 12.9. The highest BCUT2D eigenvalue weighted by atomic mass is 16.5. The predicted octanol–water partition coefficient (Wildman–Crippen LogP) is 2.32. The van der Waals surface area contributed by atoms with Gasteiger partial charge in [-0.15, -0.1) is 0 Å². The summed E-state index contributed by atoms with van der Waals surface area (Å²) in [7, 11) is 1.64. The summed E-state index contributed by atoms with van der Waals surface area (Å²) in [6, 6.07) is 10.7. The number of benzene rings is 1. The Morgan fingerprint density at radius 1 is 1.24 bits per heavy atom. The maximum Gasteiger partial charge on any atom is 0.274 e. The van der Waals surface area contributed by atoms with Crippen molar-refractivity contribution in [2.45, 2.75) is 31.7 Å². The summed E-state index contributed by atoms with van der Waals surface area (Å²) >= 11 is 0. The van der Waals surface area contributed by atoms with Crippen LogP contribution in [0.2, 0.25) is 0 Å². The quantitative estimate of drug-likeness (QED) is 0.732. The molecule has 2 atom stereocenters. The van der Waals surface area contributed by atoms with E-state index in [9.17, 15) is 9.59 Å². The summed E-state index contributed by atoms with van der Waals surface area (Å²) < 4.78 is 5.30. The number of hydrogen-bond donors (Lipinski definition) is 1. The Balaban J connectivity index is 1.48. The van der Waals surface area contributed by atoms with E-state index < -0.39 is 11.9 Å². The van der Waals surface area contributed by atoms with Crippen LogP contribution in [0.3, 0.4) is 0 Å². The Hall–Kier alpha value is -3.55. The van der Waals surface area contributed by atoms with E-state index in [1.54, 1.807) is 25.5 Å². The van der Waals surface area contributed by atoms with Crippen molar-refractivity contribution in [2.75, 3.05) is 11.9 Å². The number of hydrogen-bond acceptors (Lipinski definition) is 6. The van der Waals surface area contributed by atoms with E-state index in [4.69, 9.17) is 4.52 Å². The number of carbonyl (C=O) groups excluding carboxylic acids is 2. The third kappa shape index (κ3) is 3.87. The largest absolute Gasteiger partial charge is 0.360 e. The van der Waals surface area contributed by atoms with Gasteiger partial charge in [0, 0.05) is 37.8 Å². The first kappa shape index (κ1) is 18.8. The van der Waals surface area contributed by atoms with Crippen molar-refractivity contribution < 1.29 is 14.1 Å². The Kier molecular flexibility index (Phi) is 5.07. The summed E-state index contributed by atoms with van der Waals surface area (Å²) in [6.45, 7) is 1.97. The maximum atomic E-state index is 12.9. The molecule has 2 amide bonds. The third-order valence-corrected chi connectivity index (χ3v) is 5.03. The zero-order chi connectivity index (χ0) is 20.4. The van der Waals surface area contributed by atoms with Gasteiger partial charge in [-0.2, -0.15) is 0 Å². The van der Waals surface area contributed by atoms with Gasteiger partial charge in [0.1, 0.15) is 11.8 Å². The molecule has 1 aliphatic rings. The van der Waals surface area contributed by atoms with Gasteiger partial charge in [0.05, 0.1) is 5.69 Å². The van der Waals surface area contributed by atoms with Gasteiger partial charge in [0.15, 0.2) is 11.5 Å². The zero-order valence-electron chi connectivity index (χ0n) is 16.2. The molecule has 4 rings (SSSR count). The highest BCUT2D eigenvalue weighted by Gasteiger charge is 2.34. The zero-order valence-corrected chi connectivity index (χ0v) is 16.2. The number of likely N-dealkylation sites (N-methyl/N-ethyl adjacent to an activating group) is 1. The summed E-state index contributed by atoms with van der Waals surface area (Å²) in [5, 5.41) is 6.66. The van der Waals surface area contributed by atoms with Gasteiger partial charge in [-0.1, -0.05) is 42.4 Å². The number of amides is 2. The van der Waals surface area contributed by atoms with Crippen molar-refractivity contribution >= 4 is 17.6 Å². The Labute approximate surface area is 167 Å². The molecule has 0 fully saturated rings. The molecular formula is C21H21N5O3. The first-order chi connectivity index (χ1) is 14.0. The molecule has 0 bridgehead atoms. The second kappa shape index (κ2) is 7.83. The number of fused-ring (bicyclic) bond motifs is 1. The van der Waals surface area contributed by atoms with Gasteiger partial charge in [0.2, 0.25) is 0 Å². The lowest BCUT2D eigenvalue weighted by Gasteiger charge is -2.20. The van der Waals surface area contributed by atoms with Crippen molar-refractivity contribution in [3.63, 3.8) is 0 Å². The number of rotatable bonds is 4. The molecule has 1 N–H and O–H groups in total. The summed E-state index contributed by atoms with van der Waals surface area (Å²) in [5.41, 5.74) is 1.95. The molecule has 1 aliphatic heterocycles. The molecule has 148 valence electrons. The molecule has 3 aromatic rings. The molecule has 1 aromatic carbocycles. The van der Waals surface area contributed by atoms with Crippen LogP contribution in [0.15, 0.2) is 53.3 Å². The monoisotopic (exact) mass is 391 g/mol. The second-order valence-corrected chi connectivity index (χ2v) is 7.17. The molecule has 29 heavy (non-hydrogen) atoms. The van der Waals surface area contributed by atoms with Gasteiger partial charge in [-0.05, 0) is 12.0 Å². The van der Waals surface area contributed by atoms with Crippen molar-refractivity contribution in [2.24, 2.45) is 0 Å². The van der Waals surface area contributed by atoms with Crippen molar-refractivity contribution in [3.8, 4) is 0 Å². The van der Waals surface area contributed by atoms with Crippen molar-refractivity contribution in [1.82, 2.24) is 20.4 Å². The fourth-order valence-corrected chi connectivity index (χ4v) is 3.50. The lowest BCUT2D eigenvalue weighted by molar-refractivity contribution is -0.120. The SMILES string of the molecule is CC1C[C@H](NC(=O)c2cc(Cc3ccccc3)on2)C(=O)N(C)c2nccnc21. The molecule has 0 radical (unpaired) electrons. The molecular weight excluding hydrogens is 370 g/mol. The third-order valence-electron chi connectivity index (χ3n) is 5.03. The first-order valence-corrected chi connectivity index (χ1v) is 9.41. The normalized spacial score (nSPS) is 18.8. The number of nitrogens with one attached hydrogen (secondary N) is 1. The number of carbonyl (C=O) groups is 2. The Morgan fingerprint density at radius 3 is 2.79 bits per heavy atom. The van der Waals surface area contributed by atoms with Crippen LogP contribution in [0.25, 0.3) is 0 Å². The molecule has 0 saturated carbocycles. The smallest absolute Gasteiger partial charge is 0.274 e. The Morgan fingerprint density at radius 2 is 2.00 bits per heavy atom. The van der Waals surface area contributed by atoms with Crippen LogP contribution in [0.5, 0.6) is 0 Å². The minimum absolute atomic E-state index is 0.0381. The van der Waals surface area contributed by atoms with Crippen LogP contribution < -0.4 is 10.2 Å². The average Bonchev–Trinajstić information content (AvgIpc) is 3.18. The van der Waals surface area contributed by atoms with E-state index in [1.165, 1.54) is 4.90 Å². The van der Waals surface area contributed by atoms with Crippen LogP contribution in [0.4, 0.5) is 5.82 Å². The molecule has 0 saturated heterocycles. The van der Waals surface area contributed by atoms with Crippen molar-refractivity contribution in [3.05, 3.63) is 71.5 Å². The van der Waals surface area contributed by atoms with E-state index in [0.717, 1.165) is 11.3 Å². The lowest BCUT2D eigenvalue weighted by Crippen LogP contribution is -2.47. The van der Waals surface area contributed by atoms with Gasteiger partial charge >= 0.3 is 0 Å². The molecule has 2 aromatic heterocycles. The van der Waals surface area contributed by atoms with E-state index >= 15 is 0 Å². The number of anilines is 1. The second-order valence-electron chi connectivity index (χ2n) is 7.17. The topological polar surface area (TPSA) is 101 Å². The highest BCUT2D eigenvalue weighted by molar-refractivity contribution is 6.01. The minimum atomic E-state index is -0.701. The predicted molar refractivity (Wildman–Crippen MR) is 105 cm³/mol. The molecule has 3 heterocycles. The van der Waals surface area contributed by atoms with Gasteiger partial charge in [-0.3, -0.25) is 19.5 Å². The van der Waals surface area contributed by atoms with Crippen LogP contribution in [0, 0.1) is 0 Å². The van der Waals surface area contributed by atoms with E-state index in [2.05, 4.69) is 20.4 Å².